The lowest BCUT2D eigenvalue weighted by molar-refractivity contribution is 0.490. The van der Waals surface area contributed by atoms with Crippen LogP contribution in [0.1, 0.15) is 82.2 Å². The summed E-state index contributed by atoms with van der Waals surface area (Å²) in [6, 6.07) is 6.38. The van der Waals surface area contributed by atoms with Crippen molar-refractivity contribution in [1.82, 2.24) is 4.98 Å². The van der Waals surface area contributed by atoms with Gasteiger partial charge in [-0.1, -0.05) is 74.7 Å². The molecule has 0 aliphatic carbocycles. The van der Waals surface area contributed by atoms with Crippen molar-refractivity contribution < 1.29 is 13.2 Å². The maximum atomic E-state index is 14.7. The topological polar surface area (TPSA) is 28.1 Å². The molecule has 0 saturated heterocycles. The van der Waals surface area contributed by atoms with Crippen LogP contribution in [0.5, 0.6) is 0 Å². The number of aliphatic imine (C=N–C) groups is 1. The van der Waals surface area contributed by atoms with E-state index in [-0.39, 0.29) is 16.1 Å². The maximum Gasteiger partial charge on any atom is 0.162 e. The van der Waals surface area contributed by atoms with Gasteiger partial charge in [-0.05, 0) is 68.9 Å². The first-order valence-electron chi connectivity index (χ1n) is 12.5. The molecular weight excluding hydrogens is 516 g/mol. The minimum absolute atomic E-state index is 0.0565. The van der Waals surface area contributed by atoms with Gasteiger partial charge in [-0.2, -0.15) is 0 Å². The Kier molecular flexibility index (Phi) is 12.0. The van der Waals surface area contributed by atoms with Crippen molar-refractivity contribution in [3.05, 3.63) is 92.0 Å². The first-order valence-corrected chi connectivity index (χ1v) is 13.3. The molecule has 2 aromatic carbocycles. The second kappa shape index (κ2) is 14.4. The van der Waals surface area contributed by atoms with E-state index in [0.29, 0.717) is 28.0 Å². The molecule has 0 radical (unpaired) electrons. The first kappa shape index (κ1) is 30.7. The van der Waals surface area contributed by atoms with E-state index in [2.05, 4.69) is 29.9 Å². The Labute approximate surface area is 228 Å². The van der Waals surface area contributed by atoms with Crippen LogP contribution in [0, 0.1) is 24.4 Å². The van der Waals surface area contributed by atoms with Gasteiger partial charge in [0.2, 0.25) is 0 Å². The molecule has 37 heavy (non-hydrogen) atoms. The average molecular weight is 552 g/mol. The Morgan fingerprint density at radius 1 is 1.08 bits per heavy atom. The Balaban J connectivity index is 0.000000371. The van der Waals surface area contributed by atoms with Gasteiger partial charge in [0.05, 0.1) is 10.1 Å². The number of fused-ring (bicyclic) bond motifs is 1. The fourth-order valence-corrected chi connectivity index (χ4v) is 4.23. The summed E-state index contributed by atoms with van der Waals surface area (Å²) in [5.41, 5.74) is 3.63. The molecule has 1 heterocycles. The molecular formula is C30H35Cl2F3N2. The minimum Gasteiger partial charge on any atom is -0.358 e. The van der Waals surface area contributed by atoms with E-state index in [4.69, 9.17) is 23.2 Å². The molecule has 7 heteroatoms. The first-order chi connectivity index (χ1) is 17.6. The van der Waals surface area contributed by atoms with Gasteiger partial charge in [-0.15, -0.1) is 0 Å². The number of nitrogens with zero attached hydrogens (tertiary/aromatic N) is 1. The van der Waals surface area contributed by atoms with Gasteiger partial charge in [-0.3, -0.25) is 4.99 Å². The summed E-state index contributed by atoms with van der Waals surface area (Å²) in [6.07, 6.45) is 8.98. The van der Waals surface area contributed by atoms with Crippen LogP contribution in [0.4, 0.5) is 13.2 Å². The second-order valence-corrected chi connectivity index (χ2v) is 9.76. The van der Waals surface area contributed by atoms with Crippen molar-refractivity contribution in [2.45, 2.75) is 73.1 Å². The van der Waals surface area contributed by atoms with Crippen molar-refractivity contribution in [3.63, 3.8) is 0 Å². The second-order valence-electron chi connectivity index (χ2n) is 8.91. The molecule has 3 aromatic rings. The van der Waals surface area contributed by atoms with Crippen LogP contribution >= 0.6 is 23.2 Å². The fraction of sp³-hybridized carbons (Fsp3) is 0.367. The molecule has 1 N–H and O–H groups in total. The number of aryl methyl sites for hydroxylation is 2. The number of hydrogen-bond donors (Lipinski definition) is 1. The molecule has 0 saturated carbocycles. The van der Waals surface area contributed by atoms with Gasteiger partial charge in [0, 0.05) is 34.4 Å². The molecule has 1 atom stereocenters. The zero-order valence-corrected chi connectivity index (χ0v) is 23.8. The highest BCUT2D eigenvalue weighted by Gasteiger charge is 2.24. The molecule has 0 fully saturated rings. The minimum atomic E-state index is -0.851. The third kappa shape index (κ3) is 7.75. The van der Waals surface area contributed by atoms with Crippen LogP contribution in [-0.4, -0.2) is 11.2 Å². The highest BCUT2D eigenvalue weighted by atomic mass is 35.5. The zero-order valence-electron chi connectivity index (χ0n) is 22.3. The number of unbranched alkanes of at least 4 members (excludes halogenated alkanes) is 1. The molecule has 0 bridgehead atoms. The van der Waals surface area contributed by atoms with Gasteiger partial charge in [0.1, 0.15) is 0 Å². The fourth-order valence-electron chi connectivity index (χ4n) is 4.02. The SMILES string of the molecule is CCCCc1c(C(C)c2ccc(C)c(F)c2F)[nH]c2ccc(Cl)c(F)c12.C\C=C(Cl)/C=N/C(C)=C/CC. The van der Waals surface area contributed by atoms with Gasteiger partial charge in [-0.25, -0.2) is 13.2 Å². The lowest BCUT2D eigenvalue weighted by atomic mass is 9.91. The lowest BCUT2D eigenvalue weighted by Crippen LogP contribution is -2.06. The molecule has 200 valence electrons. The van der Waals surface area contributed by atoms with E-state index >= 15 is 0 Å². The number of aromatic nitrogens is 1. The van der Waals surface area contributed by atoms with E-state index in [0.717, 1.165) is 30.5 Å². The van der Waals surface area contributed by atoms with E-state index in [1.165, 1.54) is 13.0 Å². The quantitative estimate of drug-likeness (QED) is 0.270. The molecule has 0 spiro atoms. The van der Waals surface area contributed by atoms with Crippen molar-refractivity contribution in [3.8, 4) is 0 Å². The van der Waals surface area contributed by atoms with Crippen molar-refractivity contribution >= 4 is 40.3 Å². The maximum absolute atomic E-state index is 14.7. The third-order valence-electron chi connectivity index (χ3n) is 6.14. The average Bonchev–Trinajstić information content (AvgIpc) is 3.26. The van der Waals surface area contributed by atoms with Crippen LogP contribution in [0.25, 0.3) is 10.9 Å². The summed E-state index contributed by atoms with van der Waals surface area (Å²) in [5.74, 6) is -2.60. The Morgan fingerprint density at radius 2 is 1.78 bits per heavy atom. The van der Waals surface area contributed by atoms with Gasteiger partial charge in [0.15, 0.2) is 17.5 Å². The van der Waals surface area contributed by atoms with E-state index in [1.807, 2.05) is 19.9 Å². The normalized spacial score (nSPS) is 13.3. The Hall–Kier alpha value is -2.50. The number of nitrogens with one attached hydrogen (secondary N) is 1. The number of benzene rings is 2. The van der Waals surface area contributed by atoms with E-state index in [9.17, 15) is 13.2 Å². The summed E-state index contributed by atoms with van der Waals surface area (Å²) in [7, 11) is 0. The lowest BCUT2D eigenvalue weighted by Gasteiger charge is -2.15. The van der Waals surface area contributed by atoms with E-state index < -0.39 is 23.4 Å². The summed E-state index contributed by atoms with van der Waals surface area (Å²) in [4.78, 5) is 7.33. The van der Waals surface area contributed by atoms with E-state index in [1.54, 1.807) is 31.3 Å². The van der Waals surface area contributed by atoms with Crippen LogP contribution in [0.15, 0.2) is 52.1 Å². The summed E-state index contributed by atoms with van der Waals surface area (Å²) < 4.78 is 43.2. The molecule has 0 aliphatic heterocycles. The van der Waals surface area contributed by atoms with Crippen LogP contribution in [0.3, 0.4) is 0 Å². The number of allylic oxidation sites excluding steroid dienone is 4. The molecule has 3 rings (SSSR count). The number of aromatic amines is 1. The Bertz CT molecular complexity index is 1310. The van der Waals surface area contributed by atoms with Gasteiger partial charge >= 0.3 is 0 Å². The van der Waals surface area contributed by atoms with Crippen LogP contribution in [-0.2, 0) is 6.42 Å². The predicted molar refractivity (Wildman–Crippen MR) is 153 cm³/mol. The summed E-state index contributed by atoms with van der Waals surface area (Å²) >= 11 is 11.7. The van der Waals surface area contributed by atoms with Crippen molar-refractivity contribution in [2.75, 3.05) is 0 Å². The van der Waals surface area contributed by atoms with Crippen LogP contribution in [0.2, 0.25) is 5.02 Å². The van der Waals surface area contributed by atoms with Gasteiger partial charge in [0.25, 0.3) is 0 Å². The number of rotatable bonds is 8. The van der Waals surface area contributed by atoms with Crippen molar-refractivity contribution in [2.24, 2.45) is 4.99 Å². The molecule has 2 nitrogen and oxygen atoms in total. The standard InChI is InChI=1S/C21H21ClF3N.C9H14ClN/c1-4-5-6-14-17-16(10-9-15(22)20(17)25)26-21(14)12(3)13-8-7-11(2)18(23)19(13)24;1-4-6-8(3)11-7-9(10)5-2/h7-10,12,26H,4-6H2,1-3H3;5-7H,4H2,1-3H3/b;8-6+,9-5+,11-7+. The zero-order chi connectivity index (χ0) is 27.7. The highest BCUT2D eigenvalue weighted by molar-refractivity contribution is 6.39. The Morgan fingerprint density at radius 3 is 2.41 bits per heavy atom. The monoisotopic (exact) mass is 550 g/mol. The number of hydrogen-bond acceptors (Lipinski definition) is 1. The summed E-state index contributed by atoms with van der Waals surface area (Å²) in [5, 5.41) is 1.18. The number of halogens is 5. The molecule has 1 aromatic heterocycles. The molecule has 0 amide bonds. The number of H-pyrrole nitrogens is 1. The van der Waals surface area contributed by atoms with Crippen LogP contribution < -0.4 is 0 Å². The van der Waals surface area contributed by atoms with Crippen molar-refractivity contribution in [1.29, 1.82) is 0 Å². The smallest absolute Gasteiger partial charge is 0.162 e. The predicted octanol–water partition coefficient (Wildman–Crippen LogP) is 10.6. The van der Waals surface area contributed by atoms with Gasteiger partial charge < -0.3 is 4.98 Å². The summed E-state index contributed by atoms with van der Waals surface area (Å²) in [6.45, 7) is 11.3. The molecule has 0 aliphatic rings. The molecule has 1 unspecified atom stereocenters. The third-order valence-corrected chi connectivity index (χ3v) is 6.75. The largest absolute Gasteiger partial charge is 0.358 e. The highest BCUT2D eigenvalue weighted by Crippen LogP contribution is 2.37.